The molecule has 8 heteroatoms. The SMILES string of the molecule is CCSc1nnc(S[C@H](C)C(=O)Nc2cccc(Cl)c2C)s1. The summed E-state index contributed by atoms with van der Waals surface area (Å²) in [5.41, 5.74) is 1.61. The van der Waals surface area contributed by atoms with Crippen molar-refractivity contribution in [1.82, 2.24) is 10.2 Å². The molecular formula is C14H16ClN3OS3. The van der Waals surface area contributed by atoms with Crippen LogP contribution in [0.15, 0.2) is 26.9 Å². The molecule has 0 saturated carbocycles. The van der Waals surface area contributed by atoms with Crippen molar-refractivity contribution < 1.29 is 4.79 Å². The summed E-state index contributed by atoms with van der Waals surface area (Å²) in [6, 6.07) is 5.47. The van der Waals surface area contributed by atoms with Crippen molar-refractivity contribution in [3.8, 4) is 0 Å². The van der Waals surface area contributed by atoms with Gasteiger partial charge in [-0.3, -0.25) is 4.79 Å². The Bertz CT molecular complexity index is 663. The van der Waals surface area contributed by atoms with E-state index < -0.39 is 0 Å². The van der Waals surface area contributed by atoms with Gasteiger partial charge in [-0.15, -0.1) is 10.2 Å². The van der Waals surface area contributed by atoms with E-state index in [1.807, 2.05) is 26.0 Å². The highest BCUT2D eigenvalue weighted by Crippen LogP contribution is 2.31. The van der Waals surface area contributed by atoms with E-state index in [9.17, 15) is 4.79 Å². The third-order valence-electron chi connectivity index (χ3n) is 2.83. The second kappa shape index (κ2) is 8.19. The van der Waals surface area contributed by atoms with Gasteiger partial charge in [0.2, 0.25) is 5.91 Å². The van der Waals surface area contributed by atoms with E-state index in [-0.39, 0.29) is 11.2 Å². The fourth-order valence-corrected chi connectivity index (χ4v) is 4.84. The quantitative estimate of drug-likeness (QED) is 0.741. The highest BCUT2D eigenvalue weighted by atomic mass is 35.5. The summed E-state index contributed by atoms with van der Waals surface area (Å²) >= 11 is 10.6. The van der Waals surface area contributed by atoms with Crippen molar-refractivity contribution in [3.05, 3.63) is 28.8 Å². The minimum atomic E-state index is -0.259. The number of rotatable bonds is 6. The van der Waals surface area contributed by atoms with Crippen molar-refractivity contribution in [2.45, 2.75) is 34.7 Å². The third kappa shape index (κ3) is 4.62. The Hall–Kier alpha value is -0.760. The van der Waals surface area contributed by atoms with Gasteiger partial charge in [0, 0.05) is 10.7 Å². The van der Waals surface area contributed by atoms with Crippen LogP contribution in [0.2, 0.25) is 5.02 Å². The van der Waals surface area contributed by atoms with Gasteiger partial charge in [-0.05, 0) is 37.3 Å². The van der Waals surface area contributed by atoms with Gasteiger partial charge in [0.15, 0.2) is 8.68 Å². The van der Waals surface area contributed by atoms with Gasteiger partial charge >= 0.3 is 0 Å². The van der Waals surface area contributed by atoms with E-state index in [4.69, 9.17) is 11.6 Å². The van der Waals surface area contributed by atoms with Crippen molar-refractivity contribution in [1.29, 1.82) is 0 Å². The molecule has 22 heavy (non-hydrogen) atoms. The average molecular weight is 374 g/mol. The number of halogens is 1. The number of nitrogens with one attached hydrogen (secondary N) is 1. The van der Waals surface area contributed by atoms with Crippen LogP contribution < -0.4 is 5.32 Å². The van der Waals surface area contributed by atoms with Crippen molar-refractivity contribution in [3.63, 3.8) is 0 Å². The first-order valence-corrected chi connectivity index (χ1v) is 9.76. The molecule has 1 aromatic heterocycles. The Kier molecular flexibility index (Phi) is 6.55. The topological polar surface area (TPSA) is 54.9 Å². The number of hydrogen-bond donors (Lipinski definition) is 1. The molecule has 4 nitrogen and oxygen atoms in total. The monoisotopic (exact) mass is 373 g/mol. The van der Waals surface area contributed by atoms with Crippen LogP contribution in [0.25, 0.3) is 0 Å². The molecule has 1 atom stereocenters. The molecule has 0 aliphatic rings. The zero-order chi connectivity index (χ0) is 16.1. The molecule has 0 aliphatic heterocycles. The van der Waals surface area contributed by atoms with Gasteiger partial charge in [-0.2, -0.15) is 0 Å². The molecule has 0 unspecified atom stereocenters. The third-order valence-corrected chi connectivity index (χ3v) is 6.36. The van der Waals surface area contributed by atoms with Gasteiger partial charge in [-0.25, -0.2) is 0 Å². The normalized spacial score (nSPS) is 12.2. The number of carbonyl (C=O) groups is 1. The highest BCUT2D eigenvalue weighted by molar-refractivity contribution is 8.03. The lowest BCUT2D eigenvalue weighted by Gasteiger charge is -2.12. The van der Waals surface area contributed by atoms with Crippen LogP contribution in [-0.2, 0) is 4.79 Å². The summed E-state index contributed by atoms with van der Waals surface area (Å²) in [6.07, 6.45) is 0. The second-order valence-corrected chi connectivity index (χ2v) is 8.91. The minimum Gasteiger partial charge on any atom is -0.325 e. The van der Waals surface area contributed by atoms with Gasteiger partial charge in [0.25, 0.3) is 0 Å². The van der Waals surface area contributed by atoms with Crippen molar-refractivity contribution >= 4 is 58.1 Å². The van der Waals surface area contributed by atoms with Crippen LogP contribution >= 0.6 is 46.5 Å². The maximum atomic E-state index is 12.3. The smallest absolute Gasteiger partial charge is 0.237 e. The summed E-state index contributed by atoms with van der Waals surface area (Å²) in [4.78, 5) is 12.3. The number of benzene rings is 1. The van der Waals surface area contributed by atoms with E-state index in [0.29, 0.717) is 5.02 Å². The molecular weight excluding hydrogens is 358 g/mol. The highest BCUT2D eigenvalue weighted by Gasteiger charge is 2.18. The number of amides is 1. The first-order valence-electron chi connectivity index (χ1n) is 6.70. The number of aromatic nitrogens is 2. The average Bonchev–Trinajstić information content (AvgIpc) is 2.91. The largest absolute Gasteiger partial charge is 0.325 e. The second-order valence-electron chi connectivity index (χ2n) is 4.43. The maximum absolute atomic E-state index is 12.3. The molecule has 2 aromatic rings. The number of thioether (sulfide) groups is 2. The minimum absolute atomic E-state index is 0.0738. The molecule has 0 spiro atoms. The fourth-order valence-electron chi connectivity index (χ4n) is 1.61. The van der Waals surface area contributed by atoms with Gasteiger partial charge in [0.1, 0.15) is 0 Å². The molecule has 2 rings (SSSR count). The van der Waals surface area contributed by atoms with E-state index in [1.54, 1.807) is 17.8 Å². The Morgan fingerprint density at radius 3 is 2.86 bits per heavy atom. The zero-order valence-electron chi connectivity index (χ0n) is 12.4. The van der Waals surface area contributed by atoms with Crippen LogP contribution in [0, 0.1) is 6.92 Å². The lowest BCUT2D eigenvalue weighted by atomic mass is 10.2. The molecule has 1 aromatic carbocycles. The van der Waals surface area contributed by atoms with Crippen LogP contribution in [0.1, 0.15) is 19.4 Å². The molecule has 0 bridgehead atoms. The zero-order valence-corrected chi connectivity index (χ0v) is 15.6. The summed E-state index contributed by atoms with van der Waals surface area (Å²) in [5, 5.41) is 11.5. The van der Waals surface area contributed by atoms with Crippen LogP contribution in [0.3, 0.4) is 0 Å². The van der Waals surface area contributed by atoms with Gasteiger partial charge < -0.3 is 5.32 Å². The molecule has 1 heterocycles. The lowest BCUT2D eigenvalue weighted by molar-refractivity contribution is -0.115. The van der Waals surface area contributed by atoms with E-state index in [1.165, 1.54) is 23.1 Å². The van der Waals surface area contributed by atoms with Crippen LogP contribution in [0.5, 0.6) is 0 Å². The number of carbonyl (C=O) groups excluding carboxylic acids is 1. The van der Waals surface area contributed by atoms with Gasteiger partial charge in [0.05, 0.1) is 5.25 Å². The Labute approximate surface area is 147 Å². The number of anilines is 1. The molecule has 0 saturated heterocycles. The molecule has 1 N–H and O–H groups in total. The predicted octanol–water partition coefficient (Wildman–Crippen LogP) is 4.73. The van der Waals surface area contributed by atoms with Gasteiger partial charge in [-0.1, -0.05) is 59.5 Å². The summed E-state index contributed by atoms with van der Waals surface area (Å²) in [5.74, 6) is 0.888. The molecule has 1 amide bonds. The molecule has 0 fully saturated rings. The van der Waals surface area contributed by atoms with Crippen LogP contribution in [0.4, 0.5) is 5.69 Å². The number of nitrogens with zero attached hydrogens (tertiary/aromatic N) is 2. The van der Waals surface area contributed by atoms with Crippen LogP contribution in [-0.4, -0.2) is 27.1 Å². The Morgan fingerprint density at radius 2 is 2.14 bits per heavy atom. The molecule has 118 valence electrons. The Morgan fingerprint density at radius 1 is 1.41 bits per heavy atom. The fraction of sp³-hybridized carbons (Fsp3) is 0.357. The predicted molar refractivity (Wildman–Crippen MR) is 96.4 cm³/mol. The van der Waals surface area contributed by atoms with Crippen molar-refractivity contribution in [2.24, 2.45) is 0 Å². The number of hydrogen-bond acceptors (Lipinski definition) is 6. The first-order chi connectivity index (χ1) is 10.5. The molecule has 0 aliphatic carbocycles. The summed E-state index contributed by atoms with van der Waals surface area (Å²) < 4.78 is 1.74. The van der Waals surface area contributed by atoms with E-state index in [2.05, 4.69) is 22.4 Å². The van der Waals surface area contributed by atoms with E-state index in [0.717, 1.165) is 25.7 Å². The standard InChI is InChI=1S/C14H16ClN3OS3/c1-4-20-13-17-18-14(22-13)21-9(3)12(19)16-11-7-5-6-10(15)8(11)2/h5-7,9H,4H2,1-3H3,(H,16,19)/t9-/m1/s1. The lowest BCUT2D eigenvalue weighted by Crippen LogP contribution is -2.22. The van der Waals surface area contributed by atoms with Crippen molar-refractivity contribution in [2.75, 3.05) is 11.1 Å². The van der Waals surface area contributed by atoms with E-state index >= 15 is 0 Å². The first kappa shape index (κ1) is 17.6. The summed E-state index contributed by atoms with van der Waals surface area (Å²) in [6.45, 7) is 5.81. The molecule has 0 radical (unpaired) electrons. The summed E-state index contributed by atoms with van der Waals surface area (Å²) in [7, 11) is 0. The Balaban J connectivity index is 1.98. The maximum Gasteiger partial charge on any atom is 0.237 e.